The second kappa shape index (κ2) is 7.81. The average molecular weight is 361 g/mol. The number of hydrogen-bond acceptors (Lipinski definition) is 5. The van der Waals surface area contributed by atoms with Crippen LogP contribution < -0.4 is 10.2 Å². The Kier molecular flexibility index (Phi) is 5.52. The maximum absolute atomic E-state index is 12.3. The summed E-state index contributed by atoms with van der Waals surface area (Å²) in [5, 5.41) is 5.39. The molecular weight excluding hydrogens is 342 g/mol. The number of nitrogens with one attached hydrogen (secondary N) is 1. The predicted octanol–water partition coefficient (Wildman–Crippen LogP) is 3.31. The lowest BCUT2D eigenvalue weighted by Crippen LogP contribution is -2.34. The van der Waals surface area contributed by atoms with Crippen molar-refractivity contribution < 1.29 is 9.59 Å². The molecular formula is C17H19N3O2S2. The minimum Gasteiger partial charge on any atom is -0.351 e. The summed E-state index contributed by atoms with van der Waals surface area (Å²) < 4.78 is 0. The summed E-state index contributed by atoms with van der Waals surface area (Å²) in [6.07, 6.45) is 2.00. The number of aromatic nitrogens is 1. The minimum absolute atomic E-state index is 0.0721. The molecule has 7 heteroatoms. The highest BCUT2D eigenvalue weighted by Gasteiger charge is 2.25. The lowest BCUT2D eigenvalue weighted by Gasteiger charge is -2.28. The Hall–Kier alpha value is -1.86. The van der Waals surface area contributed by atoms with Crippen molar-refractivity contribution >= 4 is 40.6 Å². The molecule has 0 bridgehead atoms. The molecule has 1 aromatic heterocycles. The van der Waals surface area contributed by atoms with E-state index in [0.29, 0.717) is 24.5 Å². The Bertz CT molecular complexity index is 745. The van der Waals surface area contributed by atoms with E-state index in [-0.39, 0.29) is 11.8 Å². The van der Waals surface area contributed by atoms with Crippen molar-refractivity contribution in [3.8, 4) is 0 Å². The van der Waals surface area contributed by atoms with Crippen LogP contribution in [-0.4, -0.2) is 29.1 Å². The molecule has 2 aromatic rings. The molecule has 3 rings (SSSR count). The van der Waals surface area contributed by atoms with Crippen LogP contribution in [0.25, 0.3) is 0 Å². The van der Waals surface area contributed by atoms with Gasteiger partial charge >= 0.3 is 0 Å². The van der Waals surface area contributed by atoms with Crippen molar-refractivity contribution in [2.24, 2.45) is 0 Å². The number of carbonyl (C=O) groups excluding carboxylic acids is 2. The number of unbranched alkanes of at least 4 members (excludes halogenated alkanes) is 1. The highest BCUT2D eigenvalue weighted by molar-refractivity contribution is 8.00. The van der Waals surface area contributed by atoms with Crippen molar-refractivity contribution in [1.82, 2.24) is 10.3 Å². The third kappa shape index (κ3) is 3.79. The second-order valence-corrected chi connectivity index (χ2v) is 7.43. The van der Waals surface area contributed by atoms with Gasteiger partial charge in [-0.05, 0) is 18.6 Å². The molecule has 2 amide bonds. The molecule has 1 aliphatic heterocycles. The number of anilines is 1. The molecule has 1 aliphatic rings. The number of rotatable bonds is 6. The fraction of sp³-hybridized carbons (Fsp3) is 0.353. The second-order valence-electron chi connectivity index (χ2n) is 5.47. The Labute approximate surface area is 149 Å². The van der Waals surface area contributed by atoms with Crippen molar-refractivity contribution in [3.63, 3.8) is 0 Å². The van der Waals surface area contributed by atoms with Crippen LogP contribution in [0.15, 0.2) is 34.5 Å². The molecule has 0 saturated heterocycles. The van der Waals surface area contributed by atoms with Gasteiger partial charge in [-0.1, -0.05) is 25.5 Å². The normalized spacial score (nSPS) is 13.7. The van der Waals surface area contributed by atoms with Crippen LogP contribution in [0.3, 0.4) is 0 Å². The maximum Gasteiger partial charge on any atom is 0.270 e. The van der Waals surface area contributed by atoms with Gasteiger partial charge < -0.3 is 10.2 Å². The molecule has 0 atom stereocenters. The van der Waals surface area contributed by atoms with Gasteiger partial charge in [0.1, 0.15) is 10.7 Å². The van der Waals surface area contributed by atoms with Gasteiger partial charge in [0.2, 0.25) is 5.91 Å². The Morgan fingerprint density at radius 2 is 2.21 bits per heavy atom. The quantitative estimate of drug-likeness (QED) is 0.802. The van der Waals surface area contributed by atoms with E-state index in [9.17, 15) is 9.59 Å². The SMILES string of the molecule is CCCCNC(=O)c1csc(CN2C(=O)CSc3ccccc32)n1. The first-order chi connectivity index (χ1) is 11.7. The van der Waals surface area contributed by atoms with Crippen molar-refractivity contribution in [2.45, 2.75) is 31.2 Å². The van der Waals surface area contributed by atoms with E-state index in [0.717, 1.165) is 28.4 Å². The van der Waals surface area contributed by atoms with E-state index in [2.05, 4.69) is 17.2 Å². The monoisotopic (exact) mass is 361 g/mol. The van der Waals surface area contributed by atoms with E-state index < -0.39 is 0 Å². The average Bonchev–Trinajstić information content (AvgIpc) is 3.06. The molecule has 126 valence electrons. The molecule has 0 fully saturated rings. The van der Waals surface area contributed by atoms with E-state index in [1.165, 1.54) is 11.3 Å². The molecule has 2 heterocycles. The topological polar surface area (TPSA) is 62.3 Å². The lowest BCUT2D eigenvalue weighted by molar-refractivity contribution is -0.116. The summed E-state index contributed by atoms with van der Waals surface area (Å²) in [6, 6.07) is 7.88. The Morgan fingerprint density at radius 1 is 1.38 bits per heavy atom. The lowest BCUT2D eigenvalue weighted by atomic mass is 10.2. The van der Waals surface area contributed by atoms with Crippen molar-refractivity contribution in [2.75, 3.05) is 17.2 Å². The number of benzene rings is 1. The zero-order valence-electron chi connectivity index (χ0n) is 13.4. The van der Waals surface area contributed by atoms with Gasteiger partial charge in [-0.15, -0.1) is 23.1 Å². The van der Waals surface area contributed by atoms with Gasteiger partial charge in [-0.3, -0.25) is 9.59 Å². The largest absolute Gasteiger partial charge is 0.351 e. The summed E-state index contributed by atoms with van der Waals surface area (Å²) in [4.78, 5) is 31.6. The Morgan fingerprint density at radius 3 is 3.04 bits per heavy atom. The molecule has 5 nitrogen and oxygen atoms in total. The summed E-state index contributed by atoms with van der Waals surface area (Å²) in [6.45, 7) is 3.15. The van der Waals surface area contributed by atoms with Crippen molar-refractivity contribution in [3.05, 3.63) is 40.3 Å². The number of thiazole rings is 1. The van der Waals surface area contributed by atoms with E-state index >= 15 is 0 Å². The van der Waals surface area contributed by atoms with Crippen LogP contribution >= 0.6 is 23.1 Å². The number of thioether (sulfide) groups is 1. The maximum atomic E-state index is 12.3. The molecule has 0 radical (unpaired) electrons. The molecule has 0 aliphatic carbocycles. The van der Waals surface area contributed by atoms with Gasteiger partial charge in [0.25, 0.3) is 5.91 Å². The highest BCUT2D eigenvalue weighted by Crippen LogP contribution is 2.35. The highest BCUT2D eigenvalue weighted by atomic mass is 32.2. The summed E-state index contributed by atoms with van der Waals surface area (Å²) >= 11 is 2.97. The van der Waals surface area contributed by atoms with Gasteiger partial charge in [0, 0.05) is 16.8 Å². The number of fused-ring (bicyclic) bond motifs is 1. The zero-order chi connectivity index (χ0) is 16.9. The molecule has 1 aromatic carbocycles. The van der Waals surface area contributed by atoms with Gasteiger partial charge in [-0.25, -0.2) is 4.98 Å². The number of nitrogens with zero attached hydrogens (tertiary/aromatic N) is 2. The van der Waals surface area contributed by atoms with Crippen LogP contribution in [0.1, 0.15) is 35.3 Å². The fourth-order valence-corrected chi connectivity index (χ4v) is 4.12. The van der Waals surface area contributed by atoms with Crippen LogP contribution in [0.5, 0.6) is 0 Å². The van der Waals surface area contributed by atoms with Crippen LogP contribution in [0.4, 0.5) is 5.69 Å². The summed E-state index contributed by atoms with van der Waals surface area (Å²) in [7, 11) is 0. The third-order valence-corrected chi connectivity index (χ3v) is 5.58. The number of para-hydroxylation sites is 1. The molecule has 24 heavy (non-hydrogen) atoms. The first kappa shape index (κ1) is 17.0. The predicted molar refractivity (Wildman–Crippen MR) is 97.7 cm³/mol. The van der Waals surface area contributed by atoms with Crippen LogP contribution in [-0.2, 0) is 11.3 Å². The fourth-order valence-electron chi connectivity index (χ4n) is 2.42. The van der Waals surface area contributed by atoms with Gasteiger partial charge in [-0.2, -0.15) is 0 Å². The van der Waals surface area contributed by atoms with E-state index in [4.69, 9.17) is 0 Å². The summed E-state index contributed by atoms with van der Waals surface area (Å²) in [5.74, 6) is 0.363. The molecule has 0 unspecified atom stereocenters. The first-order valence-corrected chi connectivity index (χ1v) is 9.80. The van der Waals surface area contributed by atoms with E-state index in [1.54, 1.807) is 22.0 Å². The standard InChI is InChI=1S/C17H19N3O2S2/c1-2-3-8-18-17(22)12-10-24-15(19-12)9-20-13-6-4-5-7-14(13)23-11-16(20)21/h4-7,10H,2-3,8-9,11H2,1H3,(H,18,22). The van der Waals surface area contributed by atoms with Gasteiger partial charge in [0.15, 0.2) is 0 Å². The van der Waals surface area contributed by atoms with Gasteiger partial charge in [0.05, 0.1) is 18.0 Å². The molecule has 0 saturated carbocycles. The minimum atomic E-state index is -0.146. The smallest absolute Gasteiger partial charge is 0.270 e. The summed E-state index contributed by atoms with van der Waals surface area (Å²) in [5.41, 5.74) is 1.35. The Balaban J connectivity index is 1.71. The van der Waals surface area contributed by atoms with Crippen molar-refractivity contribution in [1.29, 1.82) is 0 Å². The van der Waals surface area contributed by atoms with Crippen LogP contribution in [0.2, 0.25) is 0 Å². The number of hydrogen-bond donors (Lipinski definition) is 1. The van der Waals surface area contributed by atoms with E-state index in [1.807, 2.05) is 24.3 Å². The van der Waals surface area contributed by atoms with Crippen LogP contribution in [0, 0.1) is 0 Å². The first-order valence-electron chi connectivity index (χ1n) is 7.94. The molecule has 1 N–H and O–H groups in total. The number of carbonyl (C=O) groups is 2. The molecule has 0 spiro atoms. The third-order valence-electron chi connectivity index (χ3n) is 3.70. The number of amides is 2. The zero-order valence-corrected chi connectivity index (χ0v) is 15.1.